The highest BCUT2D eigenvalue weighted by molar-refractivity contribution is 4.24. The van der Waals surface area contributed by atoms with Crippen molar-refractivity contribution in [3.63, 3.8) is 0 Å². The Kier molecular flexibility index (Phi) is 3.77. The van der Waals surface area contributed by atoms with Crippen molar-refractivity contribution in [2.45, 2.75) is 33.2 Å². The average molecular weight is 134 g/mol. The van der Waals surface area contributed by atoms with Crippen LogP contribution >= 0.6 is 0 Å². The minimum absolute atomic E-state index is 0.477. The summed E-state index contributed by atoms with van der Waals surface area (Å²) in [5.41, 5.74) is 0. The van der Waals surface area contributed by atoms with Gasteiger partial charge in [-0.3, -0.25) is 4.90 Å². The second kappa shape index (κ2) is 3.82. The first-order valence-electron chi connectivity index (χ1n) is 3.31. The highest BCUT2D eigenvalue weighted by Crippen LogP contribution is 1.68. The van der Waals surface area contributed by atoms with E-state index in [1.807, 2.05) is 6.92 Å². The number of aliphatic hydroxyl groups is 2. The van der Waals surface area contributed by atoms with E-state index in [0.29, 0.717) is 0 Å². The third kappa shape index (κ3) is 2.79. The molecule has 0 fully saturated rings. The van der Waals surface area contributed by atoms with Crippen molar-refractivity contribution < 1.29 is 15.1 Å². The van der Waals surface area contributed by atoms with Gasteiger partial charge in [0, 0.05) is 13.8 Å². The summed E-state index contributed by atoms with van der Waals surface area (Å²) in [7, 11) is 0. The Bertz CT molecular complexity index is 65.5. The SMILES string of the molecule is CC[NH+](C(C)O)C(C)O. The van der Waals surface area contributed by atoms with E-state index in [0.717, 1.165) is 11.4 Å². The normalized spacial score (nSPS) is 21.0. The molecule has 9 heavy (non-hydrogen) atoms. The van der Waals surface area contributed by atoms with E-state index in [-0.39, 0.29) is 0 Å². The largest absolute Gasteiger partial charge is 0.345 e. The van der Waals surface area contributed by atoms with Crippen LogP contribution in [0, 0.1) is 0 Å². The van der Waals surface area contributed by atoms with Gasteiger partial charge in [0.15, 0.2) is 12.5 Å². The van der Waals surface area contributed by atoms with E-state index in [2.05, 4.69) is 0 Å². The molecule has 3 nitrogen and oxygen atoms in total. The molecule has 0 spiro atoms. The molecule has 0 aliphatic heterocycles. The molecule has 56 valence electrons. The second-order valence-corrected chi connectivity index (χ2v) is 2.28. The summed E-state index contributed by atoms with van der Waals surface area (Å²) in [4.78, 5) is 0.801. The van der Waals surface area contributed by atoms with Crippen LogP contribution < -0.4 is 4.90 Å². The van der Waals surface area contributed by atoms with Crippen LogP contribution in [0.2, 0.25) is 0 Å². The molecule has 0 radical (unpaired) electrons. The van der Waals surface area contributed by atoms with Crippen molar-refractivity contribution in [2.24, 2.45) is 0 Å². The van der Waals surface area contributed by atoms with Crippen molar-refractivity contribution in [2.75, 3.05) is 6.54 Å². The van der Waals surface area contributed by atoms with Gasteiger partial charge in [-0.2, -0.15) is 0 Å². The van der Waals surface area contributed by atoms with E-state index in [4.69, 9.17) is 10.2 Å². The minimum atomic E-state index is -0.477. The number of rotatable bonds is 3. The minimum Gasteiger partial charge on any atom is -0.345 e. The summed E-state index contributed by atoms with van der Waals surface area (Å²) in [6.45, 7) is 6.02. The standard InChI is InChI=1S/C6H15NO2/c1-4-7(5(2)8)6(3)9/h5-6,8-9H,4H2,1-3H3/p+1. The Morgan fingerprint density at radius 2 is 1.56 bits per heavy atom. The fraction of sp³-hybridized carbons (Fsp3) is 1.00. The van der Waals surface area contributed by atoms with Gasteiger partial charge in [-0.05, 0) is 6.92 Å². The molecule has 0 aliphatic carbocycles. The Morgan fingerprint density at radius 1 is 1.22 bits per heavy atom. The van der Waals surface area contributed by atoms with Crippen LogP contribution in [0.4, 0.5) is 0 Å². The van der Waals surface area contributed by atoms with Crippen molar-refractivity contribution in [1.29, 1.82) is 0 Å². The van der Waals surface area contributed by atoms with E-state index in [1.54, 1.807) is 13.8 Å². The third-order valence-corrected chi connectivity index (χ3v) is 1.48. The number of aliphatic hydroxyl groups excluding tert-OH is 2. The van der Waals surface area contributed by atoms with Gasteiger partial charge >= 0.3 is 0 Å². The first kappa shape index (κ1) is 8.88. The molecule has 0 rings (SSSR count). The fourth-order valence-corrected chi connectivity index (χ4v) is 0.940. The number of hydrogen-bond donors (Lipinski definition) is 3. The lowest BCUT2D eigenvalue weighted by Crippen LogP contribution is -3.18. The molecule has 3 N–H and O–H groups in total. The van der Waals surface area contributed by atoms with Crippen LogP contribution in [0.15, 0.2) is 0 Å². The summed E-state index contributed by atoms with van der Waals surface area (Å²) in [6.07, 6.45) is -0.954. The molecule has 2 unspecified atom stereocenters. The number of hydrogen-bond acceptors (Lipinski definition) is 2. The summed E-state index contributed by atoms with van der Waals surface area (Å²) in [6, 6.07) is 0. The summed E-state index contributed by atoms with van der Waals surface area (Å²) in [5.74, 6) is 0. The maximum atomic E-state index is 8.99. The van der Waals surface area contributed by atoms with Gasteiger partial charge in [-0.1, -0.05) is 0 Å². The lowest BCUT2D eigenvalue weighted by Gasteiger charge is -2.22. The monoisotopic (exact) mass is 134 g/mol. The highest BCUT2D eigenvalue weighted by atomic mass is 16.3. The molecule has 0 heterocycles. The summed E-state index contributed by atoms with van der Waals surface area (Å²) in [5, 5.41) is 18.0. The third-order valence-electron chi connectivity index (χ3n) is 1.48. The smallest absolute Gasteiger partial charge is 0.188 e. The van der Waals surface area contributed by atoms with Crippen LogP contribution in [0.1, 0.15) is 20.8 Å². The van der Waals surface area contributed by atoms with Gasteiger partial charge < -0.3 is 10.2 Å². The quantitative estimate of drug-likeness (QED) is 0.414. The first-order valence-corrected chi connectivity index (χ1v) is 3.31. The molecular weight excluding hydrogens is 118 g/mol. The van der Waals surface area contributed by atoms with Crippen LogP contribution in [0.5, 0.6) is 0 Å². The molecule has 0 aliphatic rings. The predicted octanol–water partition coefficient (Wildman–Crippen LogP) is -1.43. The van der Waals surface area contributed by atoms with Crippen LogP contribution in [-0.4, -0.2) is 29.2 Å². The maximum absolute atomic E-state index is 8.99. The molecule has 0 aromatic carbocycles. The second-order valence-electron chi connectivity index (χ2n) is 2.28. The predicted molar refractivity (Wildman–Crippen MR) is 34.9 cm³/mol. The van der Waals surface area contributed by atoms with Crippen LogP contribution in [0.25, 0.3) is 0 Å². The molecule has 2 atom stereocenters. The first-order chi connectivity index (χ1) is 4.09. The lowest BCUT2D eigenvalue weighted by atomic mass is 10.4. The highest BCUT2D eigenvalue weighted by Gasteiger charge is 2.16. The van der Waals surface area contributed by atoms with Crippen molar-refractivity contribution >= 4 is 0 Å². The summed E-state index contributed by atoms with van der Waals surface area (Å²) < 4.78 is 0. The molecule has 0 bridgehead atoms. The average Bonchev–Trinajstić information content (AvgIpc) is 1.64. The number of quaternary nitrogens is 1. The van der Waals surface area contributed by atoms with Crippen molar-refractivity contribution in [1.82, 2.24) is 0 Å². The van der Waals surface area contributed by atoms with Gasteiger partial charge in [0.05, 0.1) is 6.54 Å². The molecular formula is C6H16NO2+. The van der Waals surface area contributed by atoms with Gasteiger partial charge in [-0.15, -0.1) is 0 Å². The lowest BCUT2D eigenvalue weighted by molar-refractivity contribution is -0.984. The molecule has 0 saturated heterocycles. The molecule has 0 aromatic rings. The zero-order valence-corrected chi connectivity index (χ0v) is 6.26. The maximum Gasteiger partial charge on any atom is 0.188 e. The van der Waals surface area contributed by atoms with Gasteiger partial charge in [-0.25, -0.2) is 0 Å². The van der Waals surface area contributed by atoms with Crippen LogP contribution in [0.3, 0.4) is 0 Å². The molecule has 0 aromatic heterocycles. The Morgan fingerprint density at radius 3 is 1.56 bits per heavy atom. The van der Waals surface area contributed by atoms with Crippen LogP contribution in [-0.2, 0) is 0 Å². The molecule has 0 amide bonds. The molecule has 3 heteroatoms. The van der Waals surface area contributed by atoms with E-state index in [9.17, 15) is 0 Å². The molecule has 0 saturated carbocycles. The zero-order chi connectivity index (χ0) is 7.44. The van der Waals surface area contributed by atoms with E-state index >= 15 is 0 Å². The van der Waals surface area contributed by atoms with E-state index in [1.165, 1.54) is 0 Å². The van der Waals surface area contributed by atoms with E-state index < -0.39 is 12.5 Å². The number of nitrogens with one attached hydrogen (secondary N) is 1. The Balaban J connectivity index is 3.68. The van der Waals surface area contributed by atoms with Crippen molar-refractivity contribution in [3.8, 4) is 0 Å². The fourth-order valence-electron chi connectivity index (χ4n) is 0.940. The van der Waals surface area contributed by atoms with Gasteiger partial charge in [0.2, 0.25) is 0 Å². The van der Waals surface area contributed by atoms with Crippen molar-refractivity contribution in [3.05, 3.63) is 0 Å². The Hall–Kier alpha value is -0.120. The van der Waals surface area contributed by atoms with Gasteiger partial charge in [0.25, 0.3) is 0 Å². The summed E-state index contributed by atoms with van der Waals surface area (Å²) >= 11 is 0. The van der Waals surface area contributed by atoms with Gasteiger partial charge in [0.1, 0.15) is 0 Å². The topological polar surface area (TPSA) is 44.9 Å². The Labute approximate surface area is 55.9 Å². The zero-order valence-electron chi connectivity index (χ0n) is 6.26.